The van der Waals surface area contributed by atoms with Gasteiger partial charge in [0.1, 0.15) is 0 Å². The van der Waals surface area contributed by atoms with Crippen LogP contribution < -0.4 is 0 Å². The van der Waals surface area contributed by atoms with E-state index in [4.69, 9.17) is 9.05 Å². The second kappa shape index (κ2) is 7.06. The molecular weight excluding hydrogens is 295 g/mol. The Kier molecular flexibility index (Phi) is 5.13. The van der Waals surface area contributed by atoms with Gasteiger partial charge in [0.25, 0.3) is 0 Å². The van der Waals surface area contributed by atoms with Crippen LogP contribution in [0.2, 0.25) is 0 Å². The summed E-state index contributed by atoms with van der Waals surface area (Å²) < 4.78 is 22.4. The van der Waals surface area contributed by atoms with E-state index in [0.717, 1.165) is 22.3 Å². The Morgan fingerprint density at radius 3 is 1.41 bits per heavy atom. The minimum atomic E-state index is -2.37. The van der Waals surface area contributed by atoms with E-state index in [2.05, 4.69) is 13.2 Å². The Hall–Kier alpha value is -2.38. The van der Waals surface area contributed by atoms with E-state index < -0.39 is 8.25 Å². The molecular formula is C18H18O3P+. The minimum Gasteiger partial charge on any atom is -0.222 e. The smallest absolute Gasteiger partial charge is 0.222 e. The van der Waals surface area contributed by atoms with Gasteiger partial charge in [0.2, 0.25) is 0 Å². The van der Waals surface area contributed by atoms with Gasteiger partial charge in [-0.1, -0.05) is 59.7 Å². The summed E-state index contributed by atoms with van der Waals surface area (Å²) in [4.78, 5) is 0. The maximum atomic E-state index is 11.9. The zero-order chi connectivity index (χ0) is 16.1. The molecule has 0 bridgehead atoms. The Morgan fingerprint density at radius 1 is 0.773 bits per heavy atom. The topological polar surface area (TPSA) is 35.5 Å². The minimum absolute atomic E-state index is 0.304. The van der Waals surface area contributed by atoms with E-state index in [9.17, 15) is 4.57 Å². The SMILES string of the molecule is C=C(O[P+](=O)OC(=C)c1ccc(C)cc1)c1ccc(C)cc1. The highest BCUT2D eigenvalue weighted by atomic mass is 31.1. The van der Waals surface area contributed by atoms with Gasteiger partial charge < -0.3 is 0 Å². The van der Waals surface area contributed by atoms with Gasteiger partial charge in [-0.2, -0.15) is 0 Å². The van der Waals surface area contributed by atoms with Crippen molar-refractivity contribution < 1.29 is 13.6 Å². The van der Waals surface area contributed by atoms with Gasteiger partial charge >= 0.3 is 8.25 Å². The van der Waals surface area contributed by atoms with Gasteiger partial charge in [-0.05, 0) is 27.0 Å². The maximum absolute atomic E-state index is 11.9. The largest absolute Gasteiger partial charge is 0.805 e. The lowest BCUT2D eigenvalue weighted by Gasteiger charge is -2.01. The van der Waals surface area contributed by atoms with Crippen molar-refractivity contribution in [3.63, 3.8) is 0 Å². The van der Waals surface area contributed by atoms with Crippen molar-refractivity contribution in [2.24, 2.45) is 0 Å². The number of benzene rings is 2. The summed E-state index contributed by atoms with van der Waals surface area (Å²) in [6.07, 6.45) is 0. The highest BCUT2D eigenvalue weighted by Gasteiger charge is 2.26. The van der Waals surface area contributed by atoms with Crippen molar-refractivity contribution in [3.8, 4) is 0 Å². The molecule has 0 aromatic heterocycles. The molecule has 4 heteroatoms. The van der Waals surface area contributed by atoms with Crippen LogP contribution in [0.5, 0.6) is 0 Å². The zero-order valence-corrected chi connectivity index (χ0v) is 13.6. The number of hydrogen-bond acceptors (Lipinski definition) is 3. The lowest BCUT2D eigenvalue weighted by atomic mass is 10.1. The first kappa shape index (κ1) is 16.0. The van der Waals surface area contributed by atoms with Crippen molar-refractivity contribution >= 4 is 19.8 Å². The van der Waals surface area contributed by atoms with Crippen molar-refractivity contribution in [2.75, 3.05) is 0 Å². The third-order valence-corrected chi connectivity index (χ3v) is 3.86. The summed E-state index contributed by atoms with van der Waals surface area (Å²) in [6.45, 7) is 11.5. The van der Waals surface area contributed by atoms with Crippen LogP contribution in [0.25, 0.3) is 11.5 Å². The van der Waals surface area contributed by atoms with Crippen LogP contribution in [-0.2, 0) is 13.6 Å². The van der Waals surface area contributed by atoms with E-state index in [-0.39, 0.29) is 0 Å². The molecule has 0 saturated heterocycles. The van der Waals surface area contributed by atoms with Crippen molar-refractivity contribution in [1.82, 2.24) is 0 Å². The quantitative estimate of drug-likeness (QED) is 0.511. The standard InChI is InChI=1S/C18H18O3P/c1-13-5-9-17(10-6-13)15(3)20-22(19)21-16(4)18-11-7-14(2)8-12-18/h5-12H,3-4H2,1-2H3/q+1. The average Bonchev–Trinajstić information content (AvgIpc) is 2.48. The Balaban J connectivity index is 1.95. The normalized spacial score (nSPS) is 9.91. The summed E-state index contributed by atoms with van der Waals surface area (Å²) in [7, 11) is -2.37. The lowest BCUT2D eigenvalue weighted by molar-refractivity contribution is 0.383. The molecule has 2 rings (SSSR count). The summed E-state index contributed by atoms with van der Waals surface area (Å²) in [5.74, 6) is 0.607. The van der Waals surface area contributed by atoms with Crippen LogP contribution in [0, 0.1) is 13.8 Å². The first-order valence-electron chi connectivity index (χ1n) is 6.81. The molecule has 0 aliphatic heterocycles. The van der Waals surface area contributed by atoms with Gasteiger partial charge in [0.15, 0.2) is 11.5 Å². The van der Waals surface area contributed by atoms with Crippen molar-refractivity contribution in [2.45, 2.75) is 13.8 Å². The van der Waals surface area contributed by atoms with Gasteiger partial charge in [0.05, 0.1) is 0 Å². The van der Waals surface area contributed by atoms with E-state index in [1.165, 1.54) is 0 Å². The molecule has 0 atom stereocenters. The Labute approximate surface area is 131 Å². The highest BCUT2D eigenvalue weighted by molar-refractivity contribution is 7.34. The summed E-state index contributed by atoms with van der Waals surface area (Å²) in [5, 5.41) is 0. The molecule has 0 heterocycles. The van der Waals surface area contributed by atoms with Gasteiger partial charge in [-0.15, -0.1) is 0 Å². The molecule has 22 heavy (non-hydrogen) atoms. The molecule has 0 amide bonds. The molecule has 112 valence electrons. The summed E-state index contributed by atoms with van der Waals surface area (Å²) in [6, 6.07) is 15.2. The Morgan fingerprint density at radius 2 is 1.09 bits per heavy atom. The van der Waals surface area contributed by atoms with Crippen LogP contribution in [0.1, 0.15) is 22.3 Å². The third-order valence-electron chi connectivity index (χ3n) is 3.12. The van der Waals surface area contributed by atoms with E-state index >= 15 is 0 Å². The maximum Gasteiger partial charge on any atom is 0.805 e. The van der Waals surface area contributed by atoms with Crippen molar-refractivity contribution in [1.29, 1.82) is 0 Å². The predicted molar refractivity (Wildman–Crippen MR) is 90.2 cm³/mol. The molecule has 0 N–H and O–H groups in total. The van der Waals surface area contributed by atoms with Gasteiger partial charge in [0, 0.05) is 15.7 Å². The molecule has 0 aliphatic rings. The molecule has 0 spiro atoms. The second-order valence-electron chi connectivity index (χ2n) is 4.98. The fourth-order valence-corrected chi connectivity index (χ4v) is 2.39. The molecule has 0 saturated carbocycles. The first-order valence-corrected chi connectivity index (χ1v) is 7.90. The lowest BCUT2D eigenvalue weighted by Crippen LogP contribution is -1.88. The molecule has 0 fully saturated rings. The number of hydrogen-bond donors (Lipinski definition) is 0. The highest BCUT2D eigenvalue weighted by Crippen LogP contribution is 2.36. The number of aryl methyl sites for hydroxylation is 2. The van der Waals surface area contributed by atoms with Crippen LogP contribution in [0.3, 0.4) is 0 Å². The van der Waals surface area contributed by atoms with E-state index in [1.807, 2.05) is 62.4 Å². The molecule has 0 radical (unpaired) electrons. The fraction of sp³-hybridized carbons (Fsp3) is 0.111. The first-order chi connectivity index (χ1) is 10.5. The van der Waals surface area contributed by atoms with Crippen molar-refractivity contribution in [3.05, 3.63) is 83.9 Å². The molecule has 0 aliphatic carbocycles. The van der Waals surface area contributed by atoms with Crippen LogP contribution >= 0.6 is 8.25 Å². The summed E-state index contributed by atoms with van der Waals surface area (Å²) >= 11 is 0. The second-order valence-corrected chi connectivity index (χ2v) is 5.80. The number of rotatable bonds is 6. The molecule has 2 aromatic rings. The van der Waals surface area contributed by atoms with Gasteiger partial charge in [-0.25, -0.2) is 9.05 Å². The summed E-state index contributed by atoms with van der Waals surface area (Å²) in [5.41, 5.74) is 3.78. The fourth-order valence-electron chi connectivity index (χ4n) is 1.78. The third kappa shape index (κ3) is 4.31. The van der Waals surface area contributed by atoms with E-state index in [1.54, 1.807) is 0 Å². The molecule has 3 nitrogen and oxygen atoms in total. The van der Waals surface area contributed by atoms with Crippen LogP contribution in [0.15, 0.2) is 61.7 Å². The van der Waals surface area contributed by atoms with Gasteiger partial charge in [-0.3, -0.25) is 0 Å². The van der Waals surface area contributed by atoms with Crippen LogP contribution in [0.4, 0.5) is 0 Å². The van der Waals surface area contributed by atoms with Crippen LogP contribution in [-0.4, -0.2) is 0 Å². The Bertz CT molecular complexity index is 639. The predicted octanol–water partition coefficient (Wildman–Crippen LogP) is 5.64. The van der Waals surface area contributed by atoms with E-state index in [0.29, 0.717) is 11.5 Å². The molecule has 0 unspecified atom stereocenters. The molecule has 2 aromatic carbocycles. The zero-order valence-electron chi connectivity index (χ0n) is 12.7. The monoisotopic (exact) mass is 313 g/mol. The average molecular weight is 313 g/mol.